The van der Waals surface area contributed by atoms with Crippen molar-refractivity contribution in [3.63, 3.8) is 0 Å². The molecule has 126 valence electrons. The van der Waals surface area contributed by atoms with E-state index in [1.54, 1.807) is 12.1 Å². The molecule has 1 N–H and O–H groups in total. The van der Waals surface area contributed by atoms with Crippen molar-refractivity contribution in [2.24, 2.45) is 0 Å². The van der Waals surface area contributed by atoms with Crippen molar-refractivity contribution in [2.45, 2.75) is 6.92 Å². The van der Waals surface area contributed by atoms with Crippen molar-refractivity contribution in [3.05, 3.63) is 84.4 Å². The lowest BCUT2D eigenvalue weighted by molar-refractivity contribution is -0.118. The highest BCUT2D eigenvalue weighted by atomic mass is 16.5. The van der Waals surface area contributed by atoms with Crippen LogP contribution in [-0.2, 0) is 4.79 Å². The van der Waals surface area contributed by atoms with Crippen LogP contribution >= 0.6 is 0 Å². The van der Waals surface area contributed by atoms with Gasteiger partial charge in [-0.1, -0.05) is 36.4 Å². The Balaban J connectivity index is 1.56. The molecule has 0 aromatic heterocycles. The van der Waals surface area contributed by atoms with E-state index in [1.165, 1.54) is 0 Å². The van der Waals surface area contributed by atoms with Gasteiger partial charge in [0.1, 0.15) is 17.2 Å². The zero-order valence-electron chi connectivity index (χ0n) is 13.9. The summed E-state index contributed by atoms with van der Waals surface area (Å²) < 4.78 is 11.3. The second-order valence-electron chi connectivity index (χ2n) is 5.60. The van der Waals surface area contributed by atoms with E-state index in [4.69, 9.17) is 9.47 Å². The van der Waals surface area contributed by atoms with Crippen LogP contribution in [0.5, 0.6) is 17.2 Å². The SMILES string of the molecule is Cc1cccc(NC(=O)COc2cccc(Oc3ccccc3)c2)c1. The normalized spacial score (nSPS) is 10.1. The van der Waals surface area contributed by atoms with E-state index in [-0.39, 0.29) is 12.5 Å². The fourth-order valence-electron chi connectivity index (χ4n) is 2.32. The molecule has 1 amide bonds. The van der Waals surface area contributed by atoms with Crippen molar-refractivity contribution in [2.75, 3.05) is 11.9 Å². The minimum absolute atomic E-state index is 0.0667. The third-order valence-electron chi connectivity index (χ3n) is 3.46. The molecule has 0 radical (unpaired) electrons. The Bertz CT molecular complexity index is 847. The van der Waals surface area contributed by atoms with Gasteiger partial charge in [0.2, 0.25) is 0 Å². The van der Waals surface area contributed by atoms with Crippen LogP contribution in [0.2, 0.25) is 0 Å². The highest BCUT2D eigenvalue weighted by molar-refractivity contribution is 5.91. The summed E-state index contributed by atoms with van der Waals surface area (Å²) in [6, 6.07) is 24.3. The zero-order valence-corrected chi connectivity index (χ0v) is 13.9. The molecule has 0 unspecified atom stereocenters. The quantitative estimate of drug-likeness (QED) is 0.704. The van der Waals surface area contributed by atoms with Crippen LogP contribution in [0, 0.1) is 6.92 Å². The number of carbonyl (C=O) groups is 1. The molecular weight excluding hydrogens is 314 g/mol. The first kappa shape index (κ1) is 16.6. The van der Waals surface area contributed by atoms with Gasteiger partial charge in [-0.2, -0.15) is 0 Å². The molecule has 3 aromatic rings. The van der Waals surface area contributed by atoms with Crippen LogP contribution in [0.3, 0.4) is 0 Å². The molecule has 4 heteroatoms. The van der Waals surface area contributed by atoms with Gasteiger partial charge in [0.25, 0.3) is 5.91 Å². The standard InChI is InChI=1S/C21H19NO3/c1-16-7-5-8-17(13-16)22-21(23)15-24-19-11-6-12-20(14-19)25-18-9-3-2-4-10-18/h2-14H,15H2,1H3,(H,22,23). The number of rotatable bonds is 6. The van der Waals surface area contributed by atoms with E-state index >= 15 is 0 Å². The van der Waals surface area contributed by atoms with Crippen molar-refractivity contribution in [1.29, 1.82) is 0 Å². The van der Waals surface area contributed by atoms with Crippen molar-refractivity contribution in [1.82, 2.24) is 0 Å². The first-order valence-electron chi connectivity index (χ1n) is 8.01. The molecule has 0 aliphatic rings. The molecule has 3 rings (SSSR count). The zero-order chi connectivity index (χ0) is 17.5. The van der Waals surface area contributed by atoms with E-state index < -0.39 is 0 Å². The number of nitrogens with one attached hydrogen (secondary N) is 1. The second-order valence-corrected chi connectivity index (χ2v) is 5.60. The van der Waals surface area contributed by atoms with Crippen LogP contribution < -0.4 is 14.8 Å². The maximum absolute atomic E-state index is 12.0. The topological polar surface area (TPSA) is 47.6 Å². The van der Waals surface area contributed by atoms with E-state index in [0.29, 0.717) is 11.5 Å². The van der Waals surface area contributed by atoms with Gasteiger partial charge in [0, 0.05) is 11.8 Å². The number of amides is 1. The average Bonchev–Trinajstić information content (AvgIpc) is 2.61. The van der Waals surface area contributed by atoms with Crippen LogP contribution in [0.4, 0.5) is 5.69 Å². The van der Waals surface area contributed by atoms with Crippen molar-refractivity contribution in [3.8, 4) is 17.2 Å². The summed E-state index contributed by atoms with van der Waals surface area (Å²) >= 11 is 0. The third kappa shape index (κ3) is 5.11. The number of carbonyl (C=O) groups excluding carboxylic acids is 1. The summed E-state index contributed by atoms with van der Waals surface area (Å²) in [7, 11) is 0. The van der Waals surface area contributed by atoms with Gasteiger partial charge in [-0.25, -0.2) is 0 Å². The number of hydrogen-bond acceptors (Lipinski definition) is 3. The largest absolute Gasteiger partial charge is 0.484 e. The Morgan fingerprint density at radius 2 is 1.56 bits per heavy atom. The average molecular weight is 333 g/mol. The minimum atomic E-state index is -0.208. The molecule has 0 saturated carbocycles. The number of anilines is 1. The maximum atomic E-state index is 12.0. The number of aryl methyl sites for hydroxylation is 1. The molecule has 25 heavy (non-hydrogen) atoms. The lowest BCUT2D eigenvalue weighted by Crippen LogP contribution is -2.20. The van der Waals surface area contributed by atoms with Crippen LogP contribution in [-0.4, -0.2) is 12.5 Å². The molecule has 0 bridgehead atoms. The number of para-hydroxylation sites is 1. The van der Waals surface area contributed by atoms with Gasteiger partial charge < -0.3 is 14.8 Å². The molecule has 0 fully saturated rings. The van der Waals surface area contributed by atoms with Gasteiger partial charge in [-0.3, -0.25) is 4.79 Å². The predicted octanol–water partition coefficient (Wildman–Crippen LogP) is 4.80. The molecule has 0 aliphatic heterocycles. The van der Waals surface area contributed by atoms with E-state index in [1.807, 2.05) is 73.7 Å². The Kier molecular flexibility index (Phi) is 5.32. The highest BCUT2D eigenvalue weighted by Crippen LogP contribution is 2.25. The first-order valence-corrected chi connectivity index (χ1v) is 8.01. The first-order chi connectivity index (χ1) is 12.2. The van der Waals surface area contributed by atoms with Crippen LogP contribution in [0.1, 0.15) is 5.56 Å². The van der Waals surface area contributed by atoms with Gasteiger partial charge in [-0.05, 0) is 48.9 Å². The Morgan fingerprint density at radius 3 is 2.36 bits per heavy atom. The third-order valence-corrected chi connectivity index (χ3v) is 3.46. The van der Waals surface area contributed by atoms with Gasteiger partial charge in [0.15, 0.2) is 6.61 Å². The van der Waals surface area contributed by atoms with Crippen molar-refractivity contribution < 1.29 is 14.3 Å². The molecule has 0 atom stereocenters. The summed E-state index contributed by atoms with van der Waals surface area (Å²) in [4.78, 5) is 12.0. The Labute approximate surface area is 147 Å². The molecular formula is C21H19NO3. The smallest absolute Gasteiger partial charge is 0.262 e. The summed E-state index contributed by atoms with van der Waals surface area (Å²) in [6.45, 7) is 1.91. The molecule has 0 spiro atoms. The van der Waals surface area contributed by atoms with E-state index in [9.17, 15) is 4.79 Å². The summed E-state index contributed by atoms with van der Waals surface area (Å²) in [5.41, 5.74) is 1.85. The molecule has 0 heterocycles. The molecule has 3 aromatic carbocycles. The van der Waals surface area contributed by atoms with Gasteiger partial charge in [0.05, 0.1) is 0 Å². The minimum Gasteiger partial charge on any atom is -0.484 e. The lowest BCUT2D eigenvalue weighted by Gasteiger charge is -2.10. The summed E-state index contributed by atoms with van der Waals surface area (Å²) in [5.74, 6) is 1.77. The monoisotopic (exact) mass is 333 g/mol. The number of hydrogen-bond donors (Lipinski definition) is 1. The van der Waals surface area contributed by atoms with E-state index in [0.717, 1.165) is 17.0 Å². The Hall–Kier alpha value is -3.27. The highest BCUT2D eigenvalue weighted by Gasteiger charge is 2.05. The Morgan fingerprint density at radius 1 is 0.840 bits per heavy atom. The van der Waals surface area contributed by atoms with Crippen LogP contribution in [0.25, 0.3) is 0 Å². The summed E-state index contributed by atoms with van der Waals surface area (Å²) in [5, 5.41) is 2.81. The fraction of sp³-hybridized carbons (Fsp3) is 0.0952. The predicted molar refractivity (Wildman–Crippen MR) is 98.3 cm³/mol. The fourth-order valence-corrected chi connectivity index (χ4v) is 2.32. The number of ether oxygens (including phenoxy) is 2. The van der Waals surface area contributed by atoms with Gasteiger partial charge >= 0.3 is 0 Å². The van der Waals surface area contributed by atoms with Crippen molar-refractivity contribution >= 4 is 11.6 Å². The number of benzene rings is 3. The van der Waals surface area contributed by atoms with E-state index in [2.05, 4.69) is 5.32 Å². The molecule has 0 aliphatic carbocycles. The summed E-state index contributed by atoms with van der Waals surface area (Å²) in [6.07, 6.45) is 0. The molecule has 4 nitrogen and oxygen atoms in total. The second kappa shape index (κ2) is 8.02. The van der Waals surface area contributed by atoms with Gasteiger partial charge in [-0.15, -0.1) is 0 Å². The lowest BCUT2D eigenvalue weighted by atomic mass is 10.2. The molecule has 0 saturated heterocycles. The maximum Gasteiger partial charge on any atom is 0.262 e. The van der Waals surface area contributed by atoms with Crippen LogP contribution in [0.15, 0.2) is 78.9 Å².